The highest BCUT2D eigenvalue weighted by Crippen LogP contribution is 2.47. The third-order valence-corrected chi connectivity index (χ3v) is 9.63. The first kappa shape index (κ1) is 27.5. The fraction of sp³-hybridized carbons (Fsp3) is 0. The molecule has 49 heavy (non-hydrogen) atoms. The van der Waals surface area contributed by atoms with E-state index in [0.29, 0.717) is 0 Å². The first-order valence-corrected chi connectivity index (χ1v) is 16.6. The fourth-order valence-corrected chi connectivity index (χ4v) is 7.31. The molecule has 0 unspecified atom stereocenters. The zero-order chi connectivity index (χ0) is 32.3. The van der Waals surface area contributed by atoms with Crippen LogP contribution in [0.3, 0.4) is 0 Å². The number of nitrogens with zero attached hydrogens (tertiary/aromatic N) is 1. The lowest BCUT2D eigenvalue weighted by Crippen LogP contribution is -2.10. The molecule has 0 aliphatic carbocycles. The number of furan rings is 2. The summed E-state index contributed by atoms with van der Waals surface area (Å²) in [5.41, 5.74) is 11.1. The monoisotopic (exact) mass is 627 g/mol. The summed E-state index contributed by atoms with van der Waals surface area (Å²) in [6.07, 6.45) is 0. The van der Waals surface area contributed by atoms with Gasteiger partial charge in [-0.1, -0.05) is 115 Å². The molecule has 230 valence electrons. The van der Waals surface area contributed by atoms with Gasteiger partial charge in [-0.15, -0.1) is 0 Å². The Hall–Kier alpha value is -6.58. The molecule has 10 aromatic rings. The minimum Gasteiger partial charge on any atom is -0.456 e. The summed E-state index contributed by atoms with van der Waals surface area (Å²) in [5.74, 6) is 0. The van der Waals surface area contributed by atoms with E-state index in [-0.39, 0.29) is 0 Å². The normalized spacial score (nSPS) is 11.7. The van der Waals surface area contributed by atoms with Gasteiger partial charge in [0.25, 0.3) is 0 Å². The molecule has 0 radical (unpaired) electrons. The molecule has 2 heterocycles. The molecule has 0 amide bonds. The van der Waals surface area contributed by atoms with E-state index in [1.54, 1.807) is 0 Å². The number of hydrogen-bond acceptors (Lipinski definition) is 3. The number of hydrogen-bond donors (Lipinski definition) is 0. The quantitative estimate of drug-likeness (QED) is 0.190. The average molecular weight is 628 g/mol. The SMILES string of the molecule is c1ccc(-c2ccc(N(c3ccccc3)c3cc(-c4ccc5ccccc5c4)cc4c3oc3ccc5oc6ccccc6c5c34)cc2)cc1. The fourth-order valence-electron chi connectivity index (χ4n) is 7.31. The predicted octanol–water partition coefficient (Wildman–Crippen LogP) is 13.4. The lowest BCUT2D eigenvalue weighted by molar-refractivity contribution is 0.663. The van der Waals surface area contributed by atoms with Gasteiger partial charge in [0.2, 0.25) is 0 Å². The Labute approximate surface area is 282 Å². The summed E-state index contributed by atoms with van der Waals surface area (Å²) in [7, 11) is 0. The molecule has 3 heteroatoms. The van der Waals surface area contributed by atoms with E-state index in [1.807, 2.05) is 24.3 Å². The summed E-state index contributed by atoms with van der Waals surface area (Å²) in [4.78, 5) is 2.31. The van der Waals surface area contributed by atoms with Crippen LogP contribution in [0, 0.1) is 0 Å². The minimum absolute atomic E-state index is 0.827. The van der Waals surface area contributed by atoms with Gasteiger partial charge in [0, 0.05) is 32.9 Å². The zero-order valence-corrected chi connectivity index (χ0v) is 26.5. The smallest absolute Gasteiger partial charge is 0.159 e. The number of rotatable bonds is 5. The Balaban J connectivity index is 1.29. The molecule has 0 bridgehead atoms. The van der Waals surface area contributed by atoms with Gasteiger partial charge in [-0.05, 0) is 93.7 Å². The van der Waals surface area contributed by atoms with Crippen LogP contribution in [-0.4, -0.2) is 0 Å². The van der Waals surface area contributed by atoms with E-state index < -0.39 is 0 Å². The summed E-state index contributed by atoms with van der Waals surface area (Å²) in [5, 5.41) is 6.70. The van der Waals surface area contributed by atoms with Crippen LogP contribution in [0.25, 0.3) is 76.9 Å². The molecule has 0 fully saturated rings. The standard InChI is InChI=1S/C46H29NO2/c1-3-11-30(12-4-1)32-21-23-37(24-22-32)47(36-15-5-2-6-16-36)40-29-35(34-20-19-31-13-7-8-14-33(31)27-34)28-39-45-43(49-46(39)40)26-25-42-44(45)38-17-9-10-18-41(38)48-42/h1-29H. The maximum Gasteiger partial charge on any atom is 0.159 e. The molecule has 0 N–H and O–H groups in total. The van der Waals surface area contributed by atoms with E-state index in [4.69, 9.17) is 8.83 Å². The van der Waals surface area contributed by atoms with E-state index in [9.17, 15) is 0 Å². The highest BCUT2D eigenvalue weighted by atomic mass is 16.3. The summed E-state index contributed by atoms with van der Waals surface area (Å²) < 4.78 is 13.3. The maximum absolute atomic E-state index is 6.90. The number of anilines is 3. The van der Waals surface area contributed by atoms with Crippen LogP contribution in [0.5, 0.6) is 0 Å². The minimum atomic E-state index is 0.827. The second-order valence-electron chi connectivity index (χ2n) is 12.5. The van der Waals surface area contributed by atoms with E-state index in [2.05, 4.69) is 157 Å². The van der Waals surface area contributed by atoms with Crippen molar-refractivity contribution in [3.8, 4) is 22.3 Å². The largest absolute Gasteiger partial charge is 0.456 e. The molecule has 10 rings (SSSR count). The molecule has 2 aromatic heterocycles. The van der Waals surface area contributed by atoms with Crippen molar-refractivity contribution < 1.29 is 8.83 Å². The van der Waals surface area contributed by atoms with Crippen molar-refractivity contribution in [2.45, 2.75) is 0 Å². The lowest BCUT2D eigenvalue weighted by Gasteiger charge is -2.26. The average Bonchev–Trinajstić information content (AvgIpc) is 3.74. The Morgan fingerprint density at radius 1 is 0.347 bits per heavy atom. The molecule has 8 aromatic carbocycles. The van der Waals surface area contributed by atoms with Crippen molar-refractivity contribution in [1.29, 1.82) is 0 Å². The van der Waals surface area contributed by atoms with Crippen molar-refractivity contribution in [1.82, 2.24) is 0 Å². The van der Waals surface area contributed by atoms with Crippen molar-refractivity contribution in [3.05, 3.63) is 176 Å². The van der Waals surface area contributed by atoms with Gasteiger partial charge in [0.1, 0.15) is 16.7 Å². The number of para-hydroxylation sites is 2. The molecule has 0 aliphatic rings. The van der Waals surface area contributed by atoms with E-state index >= 15 is 0 Å². The first-order chi connectivity index (χ1) is 24.3. The Kier molecular flexibility index (Phi) is 6.18. The van der Waals surface area contributed by atoms with Crippen LogP contribution < -0.4 is 4.90 Å². The van der Waals surface area contributed by atoms with Crippen molar-refractivity contribution >= 4 is 71.7 Å². The molecule has 3 nitrogen and oxygen atoms in total. The molecule has 0 aliphatic heterocycles. The van der Waals surface area contributed by atoms with Gasteiger partial charge in [-0.25, -0.2) is 0 Å². The summed E-state index contributed by atoms with van der Waals surface area (Å²) in [6.45, 7) is 0. The predicted molar refractivity (Wildman–Crippen MR) is 204 cm³/mol. The van der Waals surface area contributed by atoms with Crippen LogP contribution in [-0.2, 0) is 0 Å². The van der Waals surface area contributed by atoms with Crippen molar-refractivity contribution in [3.63, 3.8) is 0 Å². The topological polar surface area (TPSA) is 29.5 Å². The third-order valence-electron chi connectivity index (χ3n) is 9.63. The maximum atomic E-state index is 6.90. The highest BCUT2D eigenvalue weighted by Gasteiger charge is 2.23. The Morgan fingerprint density at radius 3 is 1.78 bits per heavy atom. The molecular weight excluding hydrogens is 599 g/mol. The molecule has 0 atom stereocenters. The van der Waals surface area contributed by atoms with E-state index in [0.717, 1.165) is 72.1 Å². The van der Waals surface area contributed by atoms with Crippen LogP contribution in [0.4, 0.5) is 17.1 Å². The summed E-state index contributed by atoms with van der Waals surface area (Å²) >= 11 is 0. The van der Waals surface area contributed by atoms with Gasteiger partial charge in [0.05, 0.1) is 5.69 Å². The first-order valence-electron chi connectivity index (χ1n) is 16.6. The second kappa shape index (κ2) is 11.0. The molecule has 0 spiro atoms. The van der Waals surface area contributed by atoms with Gasteiger partial charge in [-0.3, -0.25) is 0 Å². The number of benzene rings is 8. The van der Waals surface area contributed by atoms with E-state index in [1.165, 1.54) is 21.9 Å². The van der Waals surface area contributed by atoms with Crippen molar-refractivity contribution in [2.75, 3.05) is 4.90 Å². The zero-order valence-electron chi connectivity index (χ0n) is 26.5. The van der Waals surface area contributed by atoms with Crippen molar-refractivity contribution in [2.24, 2.45) is 0 Å². The lowest BCUT2D eigenvalue weighted by atomic mass is 9.97. The van der Waals surface area contributed by atoms with Gasteiger partial charge in [0.15, 0.2) is 5.58 Å². The van der Waals surface area contributed by atoms with Gasteiger partial charge >= 0.3 is 0 Å². The van der Waals surface area contributed by atoms with Crippen LogP contribution in [0.1, 0.15) is 0 Å². The molecule has 0 saturated carbocycles. The molecular formula is C46H29NO2. The third kappa shape index (κ3) is 4.51. The van der Waals surface area contributed by atoms with Crippen LogP contribution in [0.15, 0.2) is 185 Å². The second-order valence-corrected chi connectivity index (χ2v) is 12.5. The highest BCUT2D eigenvalue weighted by molar-refractivity contribution is 6.27. The summed E-state index contributed by atoms with van der Waals surface area (Å²) in [6, 6.07) is 62.0. The molecule has 0 saturated heterocycles. The Bertz CT molecular complexity index is 2810. The van der Waals surface area contributed by atoms with Gasteiger partial charge < -0.3 is 13.7 Å². The van der Waals surface area contributed by atoms with Gasteiger partial charge in [-0.2, -0.15) is 0 Å². The van der Waals surface area contributed by atoms with Crippen LogP contribution in [0.2, 0.25) is 0 Å². The Morgan fingerprint density at radius 2 is 0.959 bits per heavy atom. The van der Waals surface area contributed by atoms with Crippen LogP contribution >= 0.6 is 0 Å². The number of fused-ring (bicyclic) bond motifs is 8.